The van der Waals surface area contributed by atoms with Crippen LogP contribution in [0.1, 0.15) is 11.1 Å². The standard InChI is InChI=1S/C18H12N2O5S2/c21-17-16(8-11-1-4-13(5-2-11)20(22)23)27-18(26)19(17)9-12-3-6-14-15(7-12)25-10-24-14/h1-8H,9-10H2/b16-8-. The molecule has 0 saturated carbocycles. The molecule has 1 saturated heterocycles. The first-order valence-electron chi connectivity index (χ1n) is 7.89. The van der Waals surface area contributed by atoms with Crippen LogP contribution in [-0.4, -0.2) is 26.8 Å². The smallest absolute Gasteiger partial charge is 0.269 e. The highest BCUT2D eigenvalue weighted by Gasteiger charge is 2.32. The fourth-order valence-corrected chi connectivity index (χ4v) is 3.96. The van der Waals surface area contributed by atoms with Gasteiger partial charge in [-0.05, 0) is 41.5 Å². The third-order valence-corrected chi connectivity index (χ3v) is 5.43. The molecular weight excluding hydrogens is 388 g/mol. The lowest BCUT2D eigenvalue weighted by Gasteiger charge is -2.14. The predicted molar refractivity (Wildman–Crippen MR) is 104 cm³/mol. The molecule has 2 aliphatic rings. The minimum atomic E-state index is -0.464. The largest absolute Gasteiger partial charge is 0.454 e. The van der Waals surface area contributed by atoms with Gasteiger partial charge in [-0.1, -0.05) is 30.0 Å². The van der Waals surface area contributed by atoms with Crippen LogP contribution in [-0.2, 0) is 11.3 Å². The Balaban J connectivity index is 1.52. The Hall–Kier alpha value is -2.91. The van der Waals surface area contributed by atoms with Gasteiger partial charge in [0.2, 0.25) is 6.79 Å². The Morgan fingerprint density at radius 2 is 1.93 bits per heavy atom. The summed E-state index contributed by atoms with van der Waals surface area (Å²) in [6, 6.07) is 11.5. The van der Waals surface area contributed by atoms with Gasteiger partial charge in [0.05, 0.1) is 16.4 Å². The average Bonchev–Trinajstić information content (AvgIpc) is 3.22. The molecule has 0 atom stereocenters. The van der Waals surface area contributed by atoms with E-state index in [-0.39, 0.29) is 18.4 Å². The van der Waals surface area contributed by atoms with E-state index in [1.54, 1.807) is 18.2 Å². The fraction of sp³-hybridized carbons (Fsp3) is 0.111. The topological polar surface area (TPSA) is 81.9 Å². The lowest BCUT2D eigenvalue weighted by Crippen LogP contribution is -2.27. The van der Waals surface area contributed by atoms with E-state index in [1.807, 2.05) is 18.2 Å². The van der Waals surface area contributed by atoms with Crippen molar-refractivity contribution in [2.45, 2.75) is 6.54 Å². The van der Waals surface area contributed by atoms with E-state index in [0.717, 1.165) is 5.56 Å². The zero-order chi connectivity index (χ0) is 19.0. The van der Waals surface area contributed by atoms with Gasteiger partial charge in [0.15, 0.2) is 11.5 Å². The second-order valence-electron chi connectivity index (χ2n) is 5.80. The monoisotopic (exact) mass is 400 g/mol. The van der Waals surface area contributed by atoms with Gasteiger partial charge in [0.25, 0.3) is 11.6 Å². The van der Waals surface area contributed by atoms with Crippen LogP contribution < -0.4 is 9.47 Å². The lowest BCUT2D eigenvalue weighted by atomic mass is 10.1. The summed E-state index contributed by atoms with van der Waals surface area (Å²) in [7, 11) is 0. The number of carbonyl (C=O) groups excluding carboxylic acids is 1. The molecule has 0 spiro atoms. The Bertz CT molecular complexity index is 988. The molecule has 0 aliphatic carbocycles. The quantitative estimate of drug-likeness (QED) is 0.335. The van der Waals surface area contributed by atoms with Crippen LogP contribution in [0.15, 0.2) is 47.4 Å². The first-order chi connectivity index (χ1) is 13.0. The molecule has 2 aromatic rings. The minimum absolute atomic E-state index is 0.00232. The molecule has 7 nitrogen and oxygen atoms in total. The summed E-state index contributed by atoms with van der Waals surface area (Å²) >= 11 is 6.56. The van der Waals surface area contributed by atoms with Gasteiger partial charge in [-0.2, -0.15) is 0 Å². The summed E-state index contributed by atoms with van der Waals surface area (Å²) in [5.41, 5.74) is 1.58. The summed E-state index contributed by atoms with van der Waals surface area (Å²) in [4.78, 5) is 25.0. The Morgan fingerprint density at radius 1 is 1.19 bits per heavy atom. The van der Waals surface area contributed by atoms with Crippen molar-refractivity contribution in [2.75, 3.05) is 6.79 Å². The highest BCUT2D eigenvalue weighted by Crippen LogP contribution is 2.36. The Morgan fingerprint density at radius 3 is 2.67 bits per heavy atom. The summed E-state index contributed by atoms with van der Waals surface area (Å²) in [5, 5.41) is 10.7. The third kappa shape index (κ3) is 3.51. The molecule has 9 heteroatoms. The van der Waals surface area contributed by atoms with Crippen LogP contribution >= 0.6 is 24.0 Å². The van der Waals surface area contributed by atoms with E-state index in [1.165, 1.54) is 28.8 Å². The van der Waals surface area contributed by atoms with Crippen molar-refractivity contribution >= 4 is 46.0 Å². The molecular formula is C18H12N2O5S2. The molecule has 0 radical (unpaired) electrons. The van der Waals surface area contributed by atoms with Crippen LogP contribution in [0.3, 0.4) is 0 Å². The normalized spacial score (nSPS) is 17.0. The molecule has 136 valence electrons. The molecule has 0 bridgehead atoms. The van der Waals surface area contributed by atoms with Gasteiger partial charge < -0.3 is 9.47 Å². The number of nitro groups is 1. The molecule has 2 aliphatic heterocycles. The summed E-state index contributed by atoms with van der Waals surface area (Å²) in [6.07, 6.45) is 1.68. The van der Waals surface area contributed by atoms with Crippen molar-refractivity contribution in [2.24, 2.45) is 0 Å². The van der Waals surface area contributed by atoms with Crippen LogP contribution in [0.25, 0.3) is 6.08 Å². The number of non-ortho nitro benzene ring substituents is 1. The second kappa shape index (κ2) is 7.01. The first-order valence-corrected chi connectivity index (χ1v) is 9.12. The van der Waals surface area contributed by atoms with E-state index in [0.29, 0.717) is 32.8 Å². The number of rotatable bonds is 4. The molecule has 2 heterocycles. The van der Waals surface area contributed by atoms with Crippen molar-refractivity contribution in [1.82, 2.24) is 4.90 Å². The highest BCUT2D eigenvalue weighted by molar-refractivity contribution is 8.26. The molecule has 0 aromatic heterocycles. The second-order valence-corrected chi connectivity index (χ2v) is 7.48. The molecule has 1 fully saturated rings. The number of benzene rings is 2. The third-order valence-electron chi connectivity index (χ3n) is 4.05. The molecule has 0 N–H and O–H groups in total. The van der Waals surface area contributed by atoms with Crippen LogP contribution in [0.4, 0.5) is 5.69 Å². The molecule has 1 amide bonds. The minimum Gasteiger partial charge on any atom is -0.454 e. The maximum absolute atomic E-state index is 12.7. The van der Waals surface area contributed by atoms with Crippen molar-refractivity contribution in [3.05, 3.63) is 68.6 Å². The van der Waals surface area contributed by atoms with Gasteiger partial charge in [-0.15, -0.1) is 0 Å². The zero-order valence-electron chi connectivity index (χ0n) is 13.8. The molecule has 27 heavy (non-hydrogen) atoms. The SMILES string of the molecule is O=C1/C(=C/c2ccc([N+](=O)[O-])cc2)SC(=S)N1Cc1ccc2c(c1)OCO2. The first kappa shape index (κ1) is 17.5. The van der Waals surface area contributed by atoms with Gasteiger partial charge in [0, 0.05) is 12.1 Å². The van der Waals surface area contributed by atoms with Crippen LogP contribution in [0.2, 0.25) is 0 Å². The number of amides is 1. The Kier molecular flexibility index (Phi) is 4.54. The van der Waals surface area contributed by atoms with Gasteiger partial charge in [-0.25, -0.2) is 0 Å². The number of nitro benzene ring substituents is 1. The number of carbonyl (C=O) groups is 1. The molecule has 2 aromatic carbocycles. The van der Waals surface area contributed by atoms with Gasteiger partial charge >= 0.3 is 0 Å². The number of hydrogen-bond acceptors (Lipinski definition) is 7. The highest BCUT2D eigenvalue weighted by atomic mass is 32.2. The fourth-order valence-electron chi connectivity index (χ4n) is 2.70. The summed E-state index contributed by atoms with van der Waals surface area (Å²) in [6.45, 7) is 0.525. The Labute approximate surface area is 163 Å². The summed E-state index contributed by atoms with van der Waals surface area (Å²) < 4.78 is 11.1. The van der Waals surface area contributed by atoms with Crippen molar-refractivity contribution in [1.29, 1.82) is 0 Å². The van der Waals surface area contributed by atoms with Crippen molar-refractivity contribution in [3.8, 4) is 11.5 Å². The number of nitrogens with zero attached hydrogens (tertiary/aromatic N) is 2. The van der Waals surface area contributed by atoms with E-state index < -0.39 is 4.92 Å². The number of thiocarbonyl (C=S) groups is 1. The maximum Gasteiger partial charge on any atom is 0.269 e. The van der Waals surface area contributed by atoms with Crippen LogP contribution in [0.5, 0.6) is 11.5 Å². The average molecular weight is 400 g/mol. The van der Waals surface area contributed by atoms with Crippen molar-refractivity contribution < 1.29 is 19.2 Å². The summed E-state index contributed by atoms with van der Waals surface area (Å²) in [5.74, 6) is 1.14. The van der Waals surface area contributed by atoms with Gasteiger partial charge in [-0.3, -0.25) is 19.8 Å². The molecule has 4 rings (SSSR count). The predicted octanol–water partition coefficient (Wildman–Crippen LogP) is 3.72. The van der Waals surface area contributed by atoms with E-state index in [2.05, 4.69) is 0 Å². The van der Waals surface area contributed by atoms with Crippen molar-refractivity contribution in [3.63, 3.8) is 0 Å². The number of fused-ring (bicyclic) bond motifs is 1. The van der Waals surface area contributed by atoms with Crippen LogP contribution in [0, 0.1) is 10.1 Å². The number of ether oxygens (including phenoxy) is 2. The number of thioether (sulfide) groups is 1. The van der Waals surface area contributed by atoms with Gasteiger partial charge in [0.1, 0.15) is 4.32 Å². The van der Waals surface area contributed by atoms with E-state index >= 15 is 0 Å². The van der Waals surface area contributed by atoms with E-state index in [4.69, 9.17) is 21.7 Å². The number of hydrogen-bond donors (Lipinski definition) is 0. The lowest BCUT2D eigenvalue weighted by molar-refractivity contribution is -0.384. The molecule has 0 unspecified atom stereocenters. The maximum atomic E-state index is 12.7. The van der Waals surface area contributed by atoms with E-state index in [9.17, 15) is 14.9 Å². The zero-order valence-corrected chi connectivity index (χ0v) is 15.4.